The molecule has 3 rings (SSSR count). The molecule has 0 saturated carbocycles. The molecule has 4 nitrogen and oxygen atoms in total. The maximum atomic E-state index is 13.3. The first-order valence-electron chi connectivity index (χ1n) is 7.10. The van der Waals surface area contributed by atoms with E-state index >= 15 is 0 Å². The first-order chi connectivity index (χ1) is 11.2. The Morgan fingerprint density at radius 2 is 2.13 bits per heavy atom. The highest BCUT2D eigenvalue weighted by molar-refractivity contribution is 7.98. The van der Waals surface area contributed by atoms with Gasteiger partial charge in [0.1, 0.15) is 5.82 Å². The van der Waals surface area contributed by atoms with Crippen LogP contribution in [0, 0.1) is 5.82 Å². The van der Waals surface area contributed by atoms with Crippen molar-refractivity contribution in [1.29, 1.82) is 0 Å². The summed E-state index contributed by atoms with van der Waals surface area (Å²) in [6.07, 6.45) is 1.56. The number of anilines is 1. The fourth-order valence-corrected chi connectivity index (χ4v) is 2.87. The number of nitrogens with zero attached hydrogens (tertiary/aromatic N) is 1. The van der Waals surface area contributed by atoms with Gasteiger partial charge < -0.3 is 10.2 Å². The van der Waals surface area contributed by atoms with E-state index < -0.39 is 6.10 Å². The van der Waals surface area contributed by atoms with E-state index in [4.69, 9.17) is 4.84 Å². The van der Waals surface area contributed by atoms with Crippen molar-refractivity contribution in [2.75, 3.05) is 11.6 Å². The van der Waals surface area contributed by atoms with Crippen LogP contribution in [0.2, 0.25) is 0 Å². The number of hydrogen-bond acceptors (Lipinski definition) is 4. The van der Waals surface area contributed by atoms with Gasteiger partial charge in [0.15, 0.2) is 0 Å². The second-order valence-corrected chi connectivity index (χ2v) is 5.88. The van der Waals surface area contributed by atoms with Crippen LogP contribution in [0.3, 0.4) is 0 Å². The molecule has 1 aliphatic heterocycles. The van der Waals surface area contributed by atoms with E-state index in [1.54, 1.807) is 23.9 Å². The van der Waals surface area contributed by atoms with Crippen LogP contribution in [-0.2, 0) is 9.63 Å². The number of thioether (sulfide) groups is 1. The molecule has 1 amide bonds. The number of para-hydroxylation sites is 1. The van der Waals surface area contributed by atoms with Crippen molar-refractivity contribution in [3.8, 4) is 0 Å². The number of halogens is 1. The predicted octanol–water partition coefficient (Wildman–Crippen LogP) is 3.68. The number of carbonyl (C=O) groups excluding carboxylic acids is 1. The van der Waals surface area contributed by atoms with E-state index in [-0.39, 0.29) is 11.7 Å². The van der Waals surface area contributed by atoms with Gasteiger partial charge in [-0.3, -0.25) is 4.79 Å². The van der Waals surface area contributed by atoms with Crippen LogP contribution in [0.4, 0.5) is 10.1 Å². The van der Waals surface area contributed by atoms with Gasteiger partial charge in [-0.15, -0.1) is 11.8 Å². The fourth-order valence-electron chi connectivity index (χ4n) is 2.32. The molecule has 1 heterocycles. The molecular weight excluding hydrogens is 315 g/mol. The van der Waals surface area contributed by atoms with Crippen molar-refractivity contribution in [2.45, 2.75) is 17.4 Å². The summed E-state index contributed by atoms with van der Waals surface area (Å²) in [5, 5.41) is 6.77. The molecule has 2 aromatic rings. The van der Waals surface area contributed by atoms with Gasteiger partial charge in [-0.1, -0.05) is 29.4 Å². The predicted molar refractivity (Wildman–Crippen MR) is 89.3 cm³/mol. The Morgan fingerprint density at radius 3 is 2.91 bits per heavy atom. The molecule has 23 heavy (non-hydrogen) atoms. The minimum Gasteiger partial charge on any atom is -0.382 e. The molecular formula is C17H15FN2O2S. The Morgan fingerprint density at radius 1 is 1.30 bits per heavy atom. The molecule has 1 unspecified atom stereocenters. The van der Waals surface area contributed by atoms with Crippen molar-refractivity contribution in [3.63, 3.8) is 0 Å². The monoisotopic (exact) mass is 330 g/mol. The zero-order chi connectivity index (χ0) is 16.2. The lowest BCUT2D eigenvalue weighted by Gasteiger charge is -2.12. The lowest BCUT2D eigenvalue weighted by atomic mass is 10.0. The number of carbonyl (C=O) groups is 1. The summed E-state index contributed by atoms with van der Waals surface area (Å²) in [5.41, 5.74) is 1.94. The maximum Gasteiger partial charge on any atom is 0.268 e. The van der Waals surface area contributed by atoms with Crippen LogP contribution < -0.4 is 5.32 Å². The van der Waals surface area contributed by atoms with Crippen LogP contribution >= 0.6 is 11.8 Å². The number of amides is 1. The molecule has 1 N–H and O–H groups in total. The first-order valence-corrected chi connectivity index (χ1v) is 8.32. The summed E-state index contributed by atoms with van der Waals surface area (Å²) in [7, 11) is 0. The summed E-state index contributed by atoms with van der Waals surface area (Å²) < 4.78 is 13.3. The minimum absolute atomic E-state index is 0.262. The Balaban J connectivity index is 1.67. The average Bonchev–Trinajstić information content (AvgIpc) is 3.05. The standard InChI is InChI=1S/C17H15FN2O2S/c1-23-16-8-3-2-7-13(16)19-17(21)15-10-14(20-22-15)11-5-4-6-12(18)9-11/h2-9,15H,10H2,1H3,(H,19,21). The summed E-state index contributed by atoms with van der Waals surface area (Å²) in [6.45, 7) is 0. The van der Waals surface area contributed by atoms with Crippen molar-refractivity contribution in [1.82, 2.24) is 0 Å². The molecule has 0 bridgehead atoms. The van der Waals surface area contributed by atoms with Gasteiger partial charge in [-0.25, -0.2) is 4.39 Å². The van der Waals surface area contributed by atoms with Crippen LogP contribution in [0.1, 0.15) is 12.0 Å². The molecule has 1 aliphatic rings. The number of rotatable bonds is 4. The number of benzene rings is 2. The summed E-state index contributed by atoms with van der Waals surface area (Å²) in [5.74, 6) is -0.603. The van der Waals surface area contributed by atoms with E-state index in [2.05, 4.69) is 10.5 Å². The number of oxime groups is 1. The van der Waals surface area contributed by atoms with E-state index in [1.165, 1.54) is 12.1 Å². The van der Waals surface area contributed by atoms with Crippen molar-refractivity contribution in [3.05, 3.63) is 59.9 Å². The van der Waals surface area contributed by atoms with Gasteiger partial charge in [0.25, 0.3) is 5.91 Å². The van der Waals surface area contributed by atoms with Gasteiger partial charge in [-0.2, -0.15) is 0 Å². The van der Waals surface area contributed by atoms with Crippen LogP contribution in [-0.4, -0.2) is 24.0 Å². The highest BCUT2D eigenvalue weighted by atomic mass is 32.2. The normalized spacial score (nSPS) is 16.6. The van der Waals surface area contributed by atoms with Crippen molar-refractivity contribution >= 4 is 29.1 Å². The smallest absolute Gasteiger partial charge is 0.268 e. The Labute approximate surface area is 137 Å². The zero-order valence-electron chi connectivity index (χ0n) is 12.5. The zero-order valence-corrected chi connectivity index (χ0v) is 13.3. The molecule has 118 valence electrons. The van der Waals surface area contributed by atoms with Crippen molar-refractivity contribution in [2.24, 2.45) is 5.16 Å². The molecule has 0 radical (unpaired) electrons. The highest BCUT2D eigenvalue weighted by Gasteiger charge is 2.29. The maximum absolute atomic E-state index is 13.3. The fraction of sp³-hybridized carbons (Fsp3) is 0.176. The first kappa shape index (κ1) is 15.6. The molecule has 0 aliphatic carbocycles. The SMILES string of the molecule is CSc1ccccc1NC(=O)C1CC(c2cccc(F)c2)=NO1. The van der Waals surface area contributed by atoms with Crippen LogP contribution in [0.15, 0.2) is 58.6 Å². The molecule has 2 aromatic carbocycles. The third kappa shape index (κ3) is 3.53. The Hall–Kier alpha value is -2.34. The van der Waals surface area contributed by atoms with E-state index in [9.17, 15) is 9.18 Å². The lowest BCUT2D eigenvalue weighted by Crippen LogP contribution is -2.28. The third-order valence-corrected chi connectivity index (χ3v) is 4.28. The largest absolute Gasteiger partial charge is 0.382 e. The van der Waals surface area contributed by atoms with Crippen molar-refractivity contribution < 1.29 is 14.0 Å². The Bertz CT molecular complexity index is 764. The quantitative estimate of drug-likeness (QED) is 0.870. The minimum atomic E-state index is -0.705. The summed E-state index contributed by atoms with van der Waals surface area (Å²) in [4.78, 5) is 18.5. The van der Waals surface area contributed by atoms with Gasteiger partial charge in [0.05, 0.1) is 11.4 Å². The van der Waals surface area contributed by atoms with E-state index in [0.29, 0.717) is 17.7 Å². The van der Waals surface area contributed by atoms with E-state index in [0.717, 1.165) is 10.6 Å². The molecule has 0 fully saturated rings. The Kier molecular flexibility index (Phi) is 4.62. The lowest BCUT2D eigenvalue weighted by molar-refractivity contribution is -0.125. The molecule has 0 saturated heterocycles. The molecule has 0 spiro atoms. The summed E-state index contributed by atoms with van der Waals surface area (Å²) >= 11 is 1.55. The number of hydrogen-bond donors (Lipinski definition) is 1. The number of nitrogens with one attached hydrogen (secondary N) is 1. The van der Waals surface area contributed by atoms with Gasteiger partial charge in [-0.05, 0) is 30.5 Å². The van der Waals surface area contributed by atoms with Gasteiger partial charge in [0, 0.05) is 16.9 Å². The topological polar surface area (TPSA) is 50.7 Å². The van der Waals surface area contributed by atoms with Crippen LogP contribution in [0.25, 0.3) is 0 Å². The van der Waals surface area contributed by atoms with Gasteiger partial charge in [0.2, 0.25) is 6.10 Å². The molecule has 6 heteroatoms. The van der Waals surface area contributed by atoms with E-state index in [1.807, 2.05) is 30.5 Å². The average molecular weight is 330 g/mol. The second kappa shape index (κ2) is 6.83. The van der Waals surface area contributed by atoms with Crippen LogP contribution in [0.5, 0.6) is 0 Å². The molecule has 0 aromatic heterocycles. The highest BCUT2D eigenvalue weighted by Crippen LogP contribution is 2.26. The van der Waals surface area contributed by atoms with Gasteiger partial charge >= 0.3 is 0 Å². The third-order valence-electron chi connectivity index (χ3n) is 3.48. The second-order valence-electron chi connectivity index (χ2n) is 5.04. The summed E-state index contributed by atoms with van der Waals surface area (Å²) in [6, 6.07) is 13.6. The molecule has 1 atom stereocenters.